The number of Topliss-reactive ketones (excluding diaryl/α,β-unsaturated/α-hetero) is 1. The van der Waals surface area contributed by atoms with E-state index in [2.05, 4.69) is 6.07 Å². The van der Waals surface area contributed by atoms with Gasteiger partial charge in [0.1, 0.15) is 12.4 Å². The molecule has 0 radical (unpaired) electrons. The summed E-state index contributed by atoms with van der Waals surface area (Å²) in [6, 6.07) is 14.9. The lowest BCUT2D eigenvalue weighted by Gasteiger charge is -2.11. The standard InChI is InChI=1S/C17H15NO2/c1-12-7-8-16(13(2)19)17(9-12)20-11-15-6-4-3-5-14(15)10-18/h3-9H,11H2,1-2H3. The van der Waals surface area contributed by atoms with Crippen molar-refractivity contribution in [2.24, 2.45) is 0 Å². The van der Waals surface area contributed by atoms with Gasteiger partial charge in [0.05, 0.1) is 17.2 Å². The number of carbonyl (C=O) groups excluding carboxylic acids is 1. The van der Waals surface area contributed by atoms with Gasteiger partial charge in [-0.3, -0.25) is 4.79 Å². The molecule has 0 atom stereocenters. The second-order valence-corrected chi connectivity index (χ2v) is 4.61. The highest BCUT2D eigenvalue weighted by molar-refractivity contribution is 5.96. The van der Waals surface area contributed by atoms with E-state index in [0.717, 1.165) is 11.1 Å². The van der Waals surface area contributed by atoms with E-state index < -0.39 is 0 Å². The third kappa shape index (κ3) is 3.04. The number of carbonyl (C=O) groups is 1. The van der Waals surface area contributed by atoms with Crippen molar-refractivity contribution in [2.75, 3.05) is 0 Å². The van der Waals surface area contributed by atoms with E-state index in [9.17, 15) is 4.79 Å². The summed E-state index contributed by atoms with van der Waals surface area (Å²) in [5, 5.41) is 9.04. The van der Waals surface area contributed by atoms with E-state index >= 15 is 0 Å². The van der Waals surface area contributed by atoms with Crippen LogP contribution in [0.25, 0.3) is 0 Å². The highest BCUT2D eigenvalue weighted by Crippen LogP contribution is 2.22. The lowest BCUT2D eigenvalue weighted by Crippen LogP contribution is -2.03. The molecule has 20 heavy (non-hydrogen) atoms. The van der Waals surface area contributed by atoms with Gasteiger partial charge < -0.3 is 4.74 Å². The van der Waals surface area contributed by atoms with Crippen LogP contribution in [0.2, 0.25) is 0 Å². The van der Waals surface area contributed by atoms with Crippen molar-refractivity contribution in [3.8, 4) is 11.8 Å². The van der Waals surface area contributed by atoms with E-state index in [1.54, 1.807) is 12.1 Å². The highest BCUT2D eigenvalue weighted by atomic mass is 16.5. The van der Waals surface area contributed by atoms with Crippen LogP contribution in [0.4, 0.5) is 0 Å². The summed E-state index contributed by atoms with van der Waals surface area (Å²) in [7, 11) is 0. The van der Waals surface area contributed by atoms with Gasteiger partial charge in [0.2, 0.25) is 0 Å². The molecule has 100 valence electrons. The van der Waals surface area contributed by atoms with Gasteiger partial charge in [-0.25, -0.2) is 0 Å². The molecule has 2 rings (SSSR count). The first-order chi connectivity index (χ1) is 9.61. The average Bonchev–Trinajstić information content (AvgIpc) is 2.45. The predicted molar refractivity (Wildman–Crippen MR) is 76.7 cm³/mol. The van der Waals surface area contributed by atoms with Crippen LogP contribution in [0.5, 0.6) is 5.75 Å². The van der Waals surface area contributed by atoms with Crippen LogP contribution < -0.4 is 4.74 Å². The fraction of sp³-hybridized carbons (Fsp3) is 0.176. The minimum atomic E-state index is -0.0337. The molecule has 0 aromatic heterocycles. The molecule has 0 aliphatic carbocycles. The maximum atomic E-state index is 11.6. The van der Waals surface area contributed by atoms with Crippen molar-refractivity contribution in [2.45, 2.75) is 20.5 Å². The average molecular weight is 265 g/mol. The molecule has 2 aromatic rings. The SMILES string of the molecule is CC(=O)c1ccc(C)cc1OCc1ccccc1C#N. The Labute approximate surface area is 118 Å². The van der Waals surface area contributed by atoms with Crippen molar-refractivity contribution >= 4 is 5.78 Å². The molecule has 0 saturated carbocycles. The Morgan fingerprint density at radius 3 is 2.70 bits per heavy atom. The van der Waals surface area contributed by atoms with Gasteiger partial charge in [-0.1, -0.05) is 24.3 Å². The Kier molecular flexibility index (Phi) is 4.17. The molecular formula is C17H15NO2. The van der Waals surface area contributed by atoms with Crippen LogP contribution in [0.3, 0.4) is 0 Å². The van der Waals surface area contributed by atoms with Crippen molar-refractivity contribution < 1.29 is 9.53 Å². The molecule has 0 spiro atoms. The Morgan fingerprint density at radius 1 is 1.25 bits per heavy atom. The highest BCUT2D eigenvalue weighted by Gasteiger charge is 2.09. The largest absolute Gasteiger partial charge is 0.488 e. The summed E-state index contributed by atoms with van der Waals surface area (Å²) in [6.07, 6.45) is 0. The maximum absolute atomic E-state index is 11.6. The van der Waals surface area contributed by atoms with Gasteiger partial charge >= 0.3 is 0 Å². The van der Waals surface area contributed by atoms with Crippen molar-refractivity contribution in [1.82, 2.24) is 0 Å². The number of rotatable bonds is 4. The van der Waals surface area contributed by atoms with Crippen LogP contribution in [-0.4, -0.2) is 5.78 Å². The van der Waals surface area contributed by atoms with Gasteiger partial charge in [0.15, 0.2) is 5.78 Å². The summed E-state index contributed by atoms with van der Waals surface area (Å²) in [5.74, 6) is 0.527. The van der Waals surface area contributed by atoms with E-state index in [0.29, 0.717) is 16.9 Å². The summed E-state index contributed by atoms with van der Waals surface area (Å²) in [4.78, 5) is 11.6. The Balaban J connectivity index is 2.25. The number of hydrogen-bond donors (Lipinski definition) is 0. The van der Waals surface area contributed by atoms with Crippen LogP contribution in [-0.2, 0) is 6.61 Å². The van der Waals surface area contributed by atoms with Gasteiger partial charge in [0, 0.05) is 5.56 Å². The van der Waals surface area contributed by atoms with Crippen LogP contribution in [0.1, 0.15) is 34.0 Å². The molecule has 0 fully saturated rings. The second kappa shape index (κ2) is 6.03. The first-order valence-electron chi connectivity index (χ1n) is 6.34. The van der Waals surface area contributed by atoms with Gasteiger partial charge in [-0.2, -0.15) is 5.26 Å². The lowest BCUT2D eigenvalue weighted by atomic mass is 10.1. The second-order valence-electron chi connectivity index (χ2n) is 4.61. The quantitative estimate of drug-likeness (QED) is 0.793. The molecule has 3 heteroatoms. The first kappa shape index (κ1) is 13.8. The molecular weight excluding hydrogens is 250 g/mol. The molecule has 0 N–H and O–H groups in total. The molecule has 3 nitrogen and oxygen atoms in total. The summed E-state index contributed by atoms with van der Waals surface area (Å²) in [6.45, 7) is 3.73. The smallest absolute Gasteiger partial charge is 0.163 e. The third-order valence-electron chi connectivity index (χ3n) is 3.04. The van der Waals surface area contributed by atoms with E-state index in [1.807, 2.05) is 37.3 Å². The molecule has 0 unspecified atom stereocenters. The Bertz CT molecular complexity index is 684. The number of aryl methyl sites for hydroxylation is 1. The maximum Gasteiger partial charge on any atom is 0.163 e. The Hall–Kier alpha value is -2.60. The number of benzene rings is 2. The number of nitriles is 1. The monoisotopic (exact) mass is 265 g/mol. The third-order valence-corrected chi connectivity index (χ3v) is 3.04. The number of ketones is 1. The minimum absolute atomic E-state index is 0.0337. The predicted octanol–water partition coefficient (Wildman–Crippen LogP) is 3.65. The number of nitrogens with zero attached hydrogens (tertiary/aromatic N) is 1. The molecule has 0 bridgehead atoms. The zero-order valence-electron chi connectivity index (χ0n) is 11.5. The molecule has 0 aliphatic rings. The van der Waals surface area contributed by atoms with Crippen LogP contribution in [0.15, 0.2) is 42.5 Å². The van der Waals surface area contributed by atoms with Crippen LogP contribution in [0, 0.1) is 18.3 Å². The first-order valence-corrected chi connectivity index (χ1v) is 6.34. The summed E-state index contributed by atoms with van der Waals surface area (Å²) < 4.78 is 5.74. The van der Waals surface area contributed by atoms with Gasteiger partial charge in [-0.15, -0.1) is 0 Å². The van der Waals surface area contributed by atoms with E-state index in [1.165, 1.54) is 6.92 Å². The number of ether oxygens (including phenoxy) is 1. The Morgan fingerprint density at radius 2 is 2.00 bits per heavy atom. The van der Waals surface area contributed by atoms with Crippen molar-refractivity contribution in [1.29, 1.82) is 5.26 Å². The van der Waals surface area contributed by atoms with Gasteiger partial charge in [-0.05, 0) is 37.6 Å². The molecule has 0 aliphatic heterocycles. The minimum Gasteiger partial charge on any atom is -0.488 e. The fourth-order valence-corrected chi connectivity index (χ4v) is 1.95. The molecule has 0 amide bonds. The van der Waals surface area contributed by atoms with Crippen molar-refractivity contribution in [3.05, 3.63) is 64.7 Å². The summed E-state index contributed by atoms with van der Waals surface area (Å²) in [5.41, 5.74) is 2.99. The summed E-state index contributed by atoms with van der Waals surface area (Å²) >= 11 is 0. The van der Waals surface area contributed by atoms with Crippen molar-refractivity contribution in [3.63, 3.8) is 0 Å². The van der Waals surface area contributed by atoms with E-state index in [4.69, 9.17) is 10.00 Å². The number of hydrogen-bond acceptors (Lipinski definition) is 3. The van der Waals surface area contributed by atoms with Crippen LogP contribution >= 0.6 is 0 Å². The topological polar surface area (TPSA) is 50.1 Å². The molecule has 0 saturated heterocycles. The molecule has 2 aromatic carbocycles. The fourth-order valence-electron chi connectivity index (χ4n) is 1.95. The zero-order valence-corrected chi connectivity index (χ0v) is 11.5. The van der Waals surface area contributed by atoms with E-state index in [-0.39, 0.29) is 12.4 Å². The van der Waals surface area contributed by atoms with Gasteiger partial charge in [0.25, 0.3) is 0 Å². The normalized spacial score (nSPS) is 9.85. The zero-order chi connectivity index (χ0) is 14.5. The lowest BCUT2D eigenvalue weighted by molar-refractivity contribution is 0.101. The molecule has 0 heterocycles.